The third kappa shape index (κ3) is 17.6. The molecule has 0 aliphatic rings. The second-order valence-electron chi connectivity index (χ2n) is 6.07. The van der Waals surface area contributed by atoms with Crippen LogP contribution in [0.4, 0.5) is 0 Å². The summed E-state index contributed by atoms with van der Waals surface area (Å²) in [7, 11) is 0. The molecule has 0 atom stereocenters. The Bertz CT molecular complexity index is 219. The summed E-state index contributed by atoms with van der Waals surface area (Å²) >= 11 is 5.22. The Morgan fingerprint density at radius 1 is 0.571 bits per heavy atom. The molecule has 0 spiro atoms. The molecule has 0 aromatic rings. The van der Waals surface area contributed by atoms with Gasteiger partial charge in [-0.3, -0.25) is 0 Å². The van der Waals surface area contributed by atoms with Gasteiger partial charge < -0.3 is 10.6 Å². The van der Waals surface area contributed by atoms with Crippen molar-refractivity contribution in [2.45, 2.75) is 97.3 Å². The molecule has 0 aromatic heterocycles. The van der Waals surface area contributed by atoms with Gasteiger partial charge in [0.1, 0.15) is 0 Å². The smallest absolute Gasteiger partial charge is 0.166 e. The van der Waals surface area contributed by atoms with Crippen LogP contribution in [-0.4, -0.2) is 18.2 Å². The normalized spacial score (nSPS) is 10.6. The first-order chi connectivity index (χ1) is 10.3. The van der Waals surface area contributed by atoms with Crippen molar-refractivity contribution in [2.75, 3.05) is 13.1 Å². The van der Waals surface area contributed by atoms with Crippen LogP contribution in [0.25, 0.3) is 0 Å². The van der Waals surface area contributed by atoms with Crippen molar-refractivity contribution in [1.29, 1.82) is 0 Å². The van der Waals surface area contributed by atoms with Gasteiger partial charge in [0.15, 0.2) is 5.11 Å². The maximum Gasteiger partial charge on any atom is 0.166 e. The summed E-state index contributed by atoms with van der Waals surface area (Å²) in [6, 6.07) is 0. The van der Waals surface area contributed by atoms with E-state index in [0.29, 0.717) is 0 Å². The van der Waals surface area contributed by atoms with E-state index in [1.165, 1.54) is 83.5 Å². The van der Waals surface area contributed by atoms with E-state index < -0.39 is 0 Å². The number of nitrogens with one attached hydrogen (secondary N) is 2. The summed E-state index contributed by atoms with van der Waals surface area (Å²) in [6.45, 7) is 6.50. The molecule has 0 radical (unpaired) electrons. The minimum Gasteiger partial charge on any atom is -0.363 e. The molecule has 21 heavy (non-hydrogen) atoms. The molecule has 0 saturated heterocycles. The van der Waals surface area contributed by atoms with E-state index in [9.17, 15) is 0 Å². The van der Waals surface area contributed by atoms with E-state index in [1.54, 1.807) is 0 Å². The largest absolute Gasteiger partial charge is 0.363 e. The molecule has 0 amide bonds. The second-order valence-corrected chi connectivity index (χ2v) is 6.48. The number of unbranched alkanes of at least 4 members (excludes halogenated alkanes) is 11. The molecule has 3 heteroatoms. The van der Waals surface area contributed by atoms with Gasteiger partial charge in [-0.05, 0) is 25.1 Å². The molecule has 0 aliphatic carbocycles. The Labute approximate surface area is 138 Å². The van der Waals surface area contributed by atoms with Gasteiger partial charge in [-0.2, -0.15) is 0 Å². The summed E-state index contributed by atoms with van der Waals surface area (Å²) in [5.74, 6) is 0. The Morgan fingerprint density at radius 2 is 0.952 bits per heavy atom. The first-order valence-electron chi connectivity index (χ1n) is 9.33. The monoisotopic (exact) mass is 314 g/mol. The highest BCUT2D eigenvalue weighted by molar-refractivity contribution is 7.80. The highest BCUT2D eigenvalue weighted by atomic mass is 32.1. The van der Waals surface area contributed by atoms with Crippen LogP contribution in [0, 0.1) is 0 Å². The molecule has 126 valence electrons. The summed E-state index contributed by atoms with van der Waals surface area (Å²) in [4.78, 5) is 0. The van der Waals surface area contributed by atoms with Crippen LogP contribution < -0.4 is 10.6 Å². The maximum atomic E-state index is 5.22. The van der Waals surface area contributed by atoms with Crippen LogP contribution >= 0.6 is 12.2 Å². The molecular weight excluding hydrogens is 276 g/mol. The van der Waals surface area contributed by atoms with Crippen molar-refractivity contribution in [2.24, 2.45) is 0 Å². The van der Waals surface area contributed by atoms with Gasteiger partial charge in [0, 0.05) is 13.1 Å². The highest BCUT2D eigenvalue weighted by Crippen LogP contribution is 2.10. The Morgan fingerprint density at radius 3 is 1.43 bits per heavy atom. The molecule has 0 rings (SSSR count). The number of hydrogen-bond donors (Lipinski definition) is 2. The van der Waals surface area contributed by atoms with Crippen molar-refractivity contribution in [3.8, 4) is 0 Å². The fourth-order valence-corrected chi connectivity index (χ4v) is 2.64. The summed E-state index contributed by atoms with van der Waals surface area (Å²) in [6.07, 6.45) is 17.7. The molecular formula is C18H38N2S. The zero-order valence-electron chi connectivity index (χ0n) is 14.5. The summed E-state index contributed by atoms with van der Waals surface area (Å²) in [5.41, 5.74) is 0. The number of hydrogen-bond acceptors (Lipinski definition) is 1. The fourth-order valence-electron chi connectivity index (χ4n) is 2.43. The van der Waals surface area contributed by atoms with E-state index in [2.05, 4.69) is 24.5 Å². The molecule has 0 unspecified atom stereocenters. The highest BCUT2D eigenvalue weighted by Gasteiger charge is 1.95. The van der Waals surface area contributed by atoms with Crippen LogP contribution in [0.3, 0.4) is 0 Å². The standard InChI is InChI=1S/C18H38N2S/c1-3-5-7-8-9-10-11-12-13-14-15-17-20-18(21)19-16-6-4-2/h3-17H2,1-2H3,(H2,19,20,21). The molecule has 0 fully saturated rings. The second kappa shape index (κ2) is 17.7. The third-order valence-corrected chi connectivity index (χ3v) is 4.17. The Hall–Kier alpha value is -0.310. The molecule has 0 aliphatic heterocycles. The predicted molar refractivity (Wildman–Crippen MR) is 100.0 cm³/mol. The number of rotatable bonds is 15. The van der Waals surface area contributed by atoms with Gasteiger partial charge in [0.25, 0.3) is 0 Å². The molecule has 0 heterocycles. The zero-order valence-corrected chi connectivity index (χ0v) is 15.3. The Balaban J connectivity index is 3.06. The topological polar surface area (TPSA) is 24.1 Å². The molecule has 0 saturated carbocycles. The van der Waals surface area contributed by atoms with Crippen molar-refractivity contribution in [3.05, 3.63) is 0 Å². The van der Waals surface area contributed by atoms with E-state index >= 15 is 0 Å². The van der Waals surface area contributed by atoms with Gasteiger partial charge in [-0.25, -0.2) is 0 Å². The Kier molecular flexibility index (Phi) is 17.5. The van der Waals surface area contributed by atoms with E-state index in [4.69, 9.17) is 12.2 Å². The SMILES string of the molecule is CCCCCCCCCCCCCNC(=S)NCCCC. The molecule has 0 aromatic carbocycles. The van der Waals surface area contributed by atoms with Gasteiger partial charge in [-0.15, -0.1) is 0 Å². The minimum absolute atomic E-state index is 0.829. The average molecular weight is 315 g/mol. The quantitative estimate of drug-likeness (QED) is 0.305. The fraction of sp³-hybridized carbons (Fsp3) is 0.944. The van der Waals surface area contributed by atoms with Gasteiger partial charge in [0.2, 0.25) is 0 Å². The first kappa shape index (κ1) is 20.7. The lowest BCUT2D eigenvalue weighted by Gasteiger charge is -2.09. The summed E-state index contributed by atoms with van der Waals surface area (Å²) < 4.78 is 0. The molecule has 0 bridgehead atoms. The minimum atomic E-state index is 0.829. The van der Waals surface area contributed by atoms with E-state index in [1.807, 2.05) is 0 Å². The summed E-state index contributed by atoms with van der Waals surface area (Å²) in [5, 5.41) is 7.37. The van der Waals surface area contributed by atoms with E-state index in [0.717, 1.165) is 18.2 Å². The lowest BCUT2D eigenvalue weighted by Crippen LogP contribution is -2.36. The average Bonchev–Trinajstić information content (AvgIpc) is 2.48. The van der Waals surface area contributed by atoms with Crippen LogP contribution in [0.1, 0.15) is 97.3 Å². The van der Waals surface area contributed by atoms with Crippen LogP contribution in [0.2, 0.25) is 0 Å². The van der Waals surface area contributed by atoms with Crippen LogP contribution in [0.5, 0.6) is 0 Å². The van der Waals surface area contributed by atoms with Crippen molar-refractivity contribution >= 4 is 17.3 Å². The molecule has 2 nitrogen and oxygen atoms in total. The lowest BCUT2D eigenvalue weighted by molar-refractivity contribution is 0.548. The third-order valence-electron chi connectivity index (χ3n) is 3.88. The molecule has 2 N–H and O–H groups in total. The van der Waals surface area contributed by atoms with Crippen molar-refractivity contribution in [3.63, 3.8) is 0 Å². The lowest BCUT2D eigenvalue weighted by atomic mass is 10.1. The maximum absolute atomic E-state index is 5.22. The van der Waals surface area contributed by atoms with Crippen LogP contribution in [0.15, 0.2) is 0 Å². The van der Waals surface area contributed by atoms with Gasteiger partial charge in [-0.1, -0.05) is 84.5 Å². The van der Waals surface area contributed by atoms with Crippen molar-refractivity contribution < 1.29 is 0 Å². The first-order valence-corrected chi connectivity index (χ1v) is 9.73. The van der Waals surface area contributed by atoms with E-state index in [-0.39, 0.29) is 0 Å². The van der Waals surface area contributed by atoms with Gasteiger partial charge >= 0.3 is 0 Å². The van der Waals surface area contributed by atoms with Gasteiger partial charge in [0.05, 0.1) is 0 Å². The number of thiocarbonyl (C=S) groups is 1. The predicted octanol–water partition coefficient (Wildman–Crippen LogP) is 5.56. The van der Waals surface area contributed by atoms with Crippen LogP contribution in [-0.2, 0) is 0 Å². The zero-order chi connectivity index (χ0) is 15.6. The van der Waals surface area contributed by atoms with Crippen molar-refractivity contribution in [1.82, 2.24) is 10.6 Å².